The van der Waals surface area contributed by atoms with Crippen molar-refractivity contribution in [1.29, 1.82) is 0 Å². The number of azo groups is 2. The number of hydrogen-bond donors (Lipinski definition) is 0. The number of alkyl halides is 1. The Morgan fingerprint density at radius 3 is 1.67 bits per heavy atom. The number of hydrogen-bond acceptors (Lipinski definition) is 2. The number of halogens is 7. The molecule has 0 saturated carbocycles. The predicted molar refractivity (Wildman–Crippen MR) is 122 cm³/mol. The zero-order valence-electron chi connectivity index (χ0n) is 15.8. The summed E-state index contributed by atoms with van der Waals surface area (Å²) < 4.78 is 2.09. The molecule has 0 N–H and O–H groups in total. The summed E-state index contributed by atoms with van der Waals surface area (Å²) in [6.07, 6.45) is 0. The molecule has 3 rings (SSSR count). The molecule has 0 spiro atoms. The molecule has 0 aliphatic carbocycles. The van der Waals surface area contributed by atoms with Crippen LogP contribution in [0, 0.1) is 0 Å². The van der Waals surface area contributed by atoms with Crippen LogP contribution in [-0.2, 0) is 5.66 Å². The molecule has 1 fully saturated rings. The zero-order valence-corrected chi connectivity index (χ0v) is 23.7. The van der Waals surface area contributed by atoms with Gasteiger partial charge in [-0.2, -0.15) is 4.90 Å². The summed E-state index contributed by atoms with van der Waals surface area (Å²) >= 11 is 6.66. The third kappa shape index (κ3) is 5.46. The van der Waals surface area contributed by atoms with Crippen molar-refractivity contribution in [3.05, 3.63) is 35.9 Å². The average Bonchev–Trinajstić information content (AvgIpc) is 2.75. The van der Waals surface area contributed by atoms with E-state index in [2.05, 4.69) is 61.6 Å². The van der Waals surface area contributed by atoms with Gasteiger partial charge in [-0.15, -0.1) is 0 Å². The molecule has 11 heteroatoms. The maximum absolute atomic E-state index is 6.66. The zero-order chi connectivity index (χ0) is 21.4. The van der Waals surface area contributed by atoms with Crippen molar-refractivity contribution in [2.24, 2.45) is 5.11 Å². The van der Waals surface area contributed by atoms with E-state index < -0.39 is 14.1 Å². The van der Waals surface area contributed by atoms with Crippen molar-refractivity contribution in [3.8, 4) is 0 Å². The molecule has 0 amide bonds. The molecular formula is C16H23Cl7N3Sb. The van der Waals surface area contributed by atoms with Crippen LogP contribution in [0.5, 0.6) is 0 Å². The fourth-order valence-corrected chi connectivity index (χ4v) is 4.30. The molecule has 2 aliphatic heterocycles. The van der Waals surface area contributed by atoms with Crippen molar-refractivity contribution >= 4 is 73.7 Å². The van der Waals surface area contributed by atoms with E-state index in [0.29, 0.717) is 0 Å². The van der Waals surface area contributed by atoms with Gasteiger partial charge in [-0.3, -0.25) is 0 Å². The Morgan fingerprint density at radius 2 is 1.33 bits per heavy atom. The Morgan fingerprint density at radius 1 is 0.926 bits per heavy atom. The van der Waals surface area contributed by atoms with Crippen LogP contribution in [0.25, 0.3) is 0 Å². The van der Waals surface area contributed by atoms with Crippen LogP contribution in [-0.4, -0.2) is 34.9 Å². The fourth-order valence-electron chi connectivity index (χ4n) is 4.14. The van der Waals surface area contributed by atoms with Crippen molar-refractivity contribution in [3.63, 3.8) is 0 Å². The Balaban J connectivity index is 0.000000321. The van der Waals surface area contributed by atoms with Crippen LogP contribution >= 0.6 is 64.6 Å². The fraction of sp³-hybridized carbons (Fsp3) is 0.625. The van der Waals surface area contributed by atoms with E-state index in [1.165, 1.54) is 5.56 Å². The molecule has 2 heterocycles. The van der Waals surface area contributed by atoms with Crippen LogP contribution in [0.15, 0.2) is 35.4 Å². The van der Waals surface area contributed by atoms with Crippen molar-refractivity contribution < 1.29 is 4.70 Å². The molecule has 3 nitrogen and oxygen atoms in total. The summed E-state index contributed by atoms with van der Waals surface area (Å²) in [5.74, 6) is 0. The second kappa shape index (κ2) is 6.33. The third-order valence-corrected chi connectivity index (χ3v) is 4.72. The second-order valence-electron chi connectivity index (χ2n) is 8.21. The van der Waals surface area contributed by atoms with Gasteiger partial charge in [-0.05, 0) is 44.4 Å². The minimum absolute atomic E-state index is 0.00572. The number of nitrogens with zero attached hydrogens (tertiary/aromatic N) is 3. The Hall–Kier alpha value is 1.63. The summed E-state index contributed by atoms with van der Waals surface area (Å²) in [7, 11) is 25.0. The summed E-state index contributed by atoms with van der Waals surface area (Å²) in [6, 6.07) is 10.6. The van der Waals surface area contributed by atoms with E-state index in [4.69, 9.17) is 69.7 Å². The summed E-state index contributed by atoms with van der Waals surface area (Å²) in [4.78, 5) is 1.92. The van der Waals surface area contributed by atoms with E-state index in [0.717, 1.165) is 0 Å². The number of rotatable bonds is 2. The van der Waals surface area contributed by atoms with Crippen LogP contribution in [0.4, 0.5) is 0 Å². The molecule has 156 valence electrons. The van der Waals surface area contributed by atoms with Crippen LogP contribution in [0.2, 0.25) is 0 Å². The summed E-state index contributed by atoms with van der Waals surface area (Å²) in [5.41, 5.74) is 0.772. The van der Waals surface area contributed by atoms with Crippen molar-refractivity contribution in [2.45, 2.75) is 63.4 Å². The van der Waals surface area contributed by atoms with Gasteiger partial charge in [0.05, 0.1) is 0 Å². The monoisotopic (exact) mass is 623 g/mol. The summed E-state index contributed by atoms with van der Waals surface area (Å²) in [6.45, 7) is 12.9. The Labute approximate surface area is 186 Å². The van der Waals surface area contributed by atoms with Gasteiger partial charge in [-0.1, -0.05) is 35.0 Å². The van der Waals surface area contributed by atoms with Crippen LogP contribution < -0.4 is 0 Å². The molecule has 1 aromatic carbocycles. The molecule has 1 saturated heterocycles. The van der Waals surface area contributed by atoms with Crippen molar-refractivity contribution in [1.82, 2.24) is 4.90 Å². The molecular weight excluding hydrogens is 604 g/mol. The van der Waals surface area contributed by atoms with Gasteiger partial charge >= 0.3 is 62.1 Å². The second-order valence-corrected chi connectivity index (χ2v) is 66.0. The van der Waals surface area contributed by atoms with Crippen molar-refractivity contribution in [2.75, 3.05) is 0 Å². The molecule has 0 bridgehead atoms. The van der Waals surface area contributed by atoms with Gasteiger partial charge in [0, 0.05) is 19.4 Å². The standard InChI is InChI=1S/C16H23ClN3.6ClH.Sb/c1-13(2)16(12-10-8-7-9-11-12)19(13)15(5,6)18-20(16)14(3,4)17;;;;;;;/h7-11H,1-6H3;6*1H;/q+1;;;;;;;+5/p-6. The Kier molecular flexibility index (Phi) is 5.84. The first-order valence-electron chi connectivity index (χ1n) is 8.16. The van der Waals surface area contributed by atoms with Gasteiger partial charge in [0.2, 0.25) is 0 Å². The first-order chi connectivity index (χ1) is 11.5. The van der Waals surface area contributed by atoms with Gasteiger partial charge < -0.3 is 0 Å². The normalized spacial score (nSPS) is 30.9. The number of fused-ring (bicyclic) bond motifs is 1. The minimum atomic E-state index is -5.42. The van der Waals surface area contributed by atoms with Gasteiger partial charge in [-0.25, -0.2) is 0 Å². The van der Waals surface area contributed by atoms with E-state index in [1.54, 1.807) is 0 Å². The van der Waals surface area contributed by atoms with Crippen LogP contribution in [0.3, 0.4) is 0 Å². The van der Waals surface area contributed by atoms with E-state index >= 15 is 0 Å². The maximum atomic E-state index is 6.66. The van der Waals surface area contributed by atoms with Crippen LogP contribution in [0.1, 0.15) is 47.1 Å². The van der Waals surface area contributed by atoms with E-state index in [1.807, 2.05) is 19.9 Å². The van der Waals surface area contributed by atoms with Gasteiger partial charge in [0.1, 0.15) is 5.54 Å². The van der Waals surface area contributed by atoms with Gasteiger partial charge in [0.25, 0.3) is 10.7 Å². The molecule has 1 aromatic rings. The first kappa shape index (κ1) is 24.9. The Bertz CT molecular complexity index is 768. The quantitative estimate of drug-likeness (QED) is 0.107. The average molecular weight is 627 g/mol. The summed E-state index contributed by atoms with van der Waals surface area (Å²) in [5, 5.41) is 4.89. The third-order valence-electron chi connectivity index (χ3n) is 4.56. The molecule has 0 aromatic heterocycles. The molecule has 0 radical (unpaired) electrons. The molecule has 2 aliphatic rings. The molecule has 27 heavy (non-hydrogen) atoms. The predicted octanol–water partition coefficient (Wildman–Crippen LogP) is 7.88. The first-order valence-corrected chi connectivity index (χ1v) is 27.9. The topological polar surface area (TPSA) is 18.4 Å². The molecule has 2 atom stereocenters. The van der Waals surface area contributed by atoms with Gasteiger partial charge in [0.15, 0.2) is 5.66 Å². The number of benzene rings is 1. The van der Waals surface area contributed by atoms with E-state index in [9.17, 15) is 0 Å². The van der Waals surface area contributed by atoms with E-state index in [-0.39, 0.29) is 16.9 Å². The SMILES string of the molecule is CC1(C)N=[N+](C(C)(C)Cl)C2(c3ccccc3)N1C2(C)C.[Cl][Sb-]([Cl])([Cl])([Cl])([Cl])[Cl]. The molecule has 2 unspecified atom stereocenters.